The van der Waals surface area contributed by atoms with Crippen LogP contribution in [0.25, 0.3) is 0 Å². The SMILES string of the molecule is COc1c(NCC(C)CCO)nc[nH]c1=O. The van der Waals surface area contributed by atoms with Gasteiger partial charge in [0, 0.05) is 13.2 Å². The summed E-state index contributed by atoms with van der Waals surface area (Å²) >= 11 is 0. The second-order valence-electron chi connectivity index (χ2n) is 3.61. The third kappa shape index (κ3) is 3.23. The fourth-order valence-electron chi connectivity index (χ4n) is 1.30. The maximum atomic E-state index is 11.3. The number of aromatic amines is 1. The summed E-state index contributed by atoms with van der Waals surface area (Å²) in [6, 6.07) is 0. The molecule has 0 saturated carbocycles. The molecule has 0 saturated heterocycles. The highest BCUT2D eigenvalue weighted by Gasteiger charge is 2.09. The van der Waals surface area contributed by atoms with Crippen LogP contribution in [0.3, 0.4) is 0 Å². The summed E-state index contributed by atoms with van der Waals surface area (Å²) in [7, 11) is 1.43. The van der Waals surface area contributed by atoms with E-state index in [1.165, 1.54) is 13.4 Å². The zero-order valence-electron chi connectivity index (χ0n) is 9.49. The summed E-state index contributed by atoms with van der Waals surface area (Å²) < 4.78 is 4.95. The van der Waals surface area contributed by atoms with E-state index in [0.717, 1.165) is 0 Å². The molecule has 1 aromatic rings. The molecule has 3 N–H and O–H groups in total. The Morgan fingerprint density at radius 3 is 3.06 bits per heavy atom. The van der Waals surface area contributed by atoms with Crippen molar-refractivity contribution in [2.24, 2.45) is 5.92 Å². The van der Waals surface area contributed by atoms with Crippen LogP contribution < -0.4 is 15.6 Å². The molecule has 0 aliphatic carbocycles. The van der Waals surface area contributed by atoms with Gasteiger partial charge in [0.15, 0.2) is 5.82 Å². The number of nitrogens with zero attached hydrogens (tertiary/aromatic N) is 1. The minimum absolute atomic E-state index is 0.156. The van der Waals surface area contributed by atoms with Gasteiger partial charge in [0.05, 0.1) is 13.4 Å². The van der Waals surface area contributed by atoms with E-state index in [1.54, 1.807) is 0 Å². The van der Waals surface area contributed by atoms with Crippen LogP contribution in [0.1, 0.15) is 13.3 Å². The van der Waals surface area contributed by atoms with Crippen molar-refractivity contribution in [2.45, 2.75) is 13.3 Å². The van der Waals surface area contributed by atoms with Gasteiger partial charge in [0.1, 0.15) is 0 Å². The van der Waals surface area contributed by atoms with Gasteiger partial charge >= 0.3 is 0 Å². The number of ether oxygens (including phenoxy) is 1. The molecule has 1 unspecified atom stereocenters. The minimum Gasteiger partial charge on any atom is -0.489 e. The van der Waals surface area contributed by atoms with Crippen molar-refractivity contribution >= 4 is 5.82 Å². The molecule has 90 valence electrons. The van der Waals surface area contributed by atoms with Crippen molar-refractivity contribution < 1.29 is 9.84 Å². The molecular formula is C10H17N3O3. The first-order chi connectivity index (χ1) is 7.69. The van der Waals surface area contributed by atoms with Gasteiger partial charge in [-0.25, -0.2) is 4.98 Å². The number of aliphatic hydroxyl groups excluding tert-OH is 1. The topological polar surface area (TPSA) is 87.2 Å². The number of hydrogen-bond acceptors (Lipinski definition) is 5. The Kier molecular flexibility index (Phi) is 4.78. The van der Waals surface area contributed by atoms with Crippen LogP contribution in [-0.4, -0.2) is 35.3 Å². The number of aliphatic hydroxyl groups is 1. The number of anilines is 1. The van der Waals surface area contributed by atoms with Gasteiger partial charge in [-0.15, -0.1) is 0 Å². The third-order valence-electron chi connectivity index (χ3n) is 2.25. The lowest BCUT2D eigenvalue weighted by atomic mass is 10.1. The van der Waals surface area contributed by atoms with Crippen molar-refractivity contribution in [1.29, 1.82) is 0 Å². The lowest BCUT2D eigenvalue weighted by Gasteiger charge is -2.12. The number of H-pyrrole nitrogens is 1. The van der Waals surface area contributed by atoms with Crippen molar-refractivity contribution in [3.05, 3.63) is 16.7 Å². The molecule has 0 fully saturated rings. The summed E-state index contributed by atoms with van der Waals surface area (Å²) in [6.07, 6.45) is 2.03. The fourth-order valence-corrected chi connectivity index (χ4v) is 1.30. The van der Waals surface area contributed by atoms with E-state index in [1.807, 2.05) is 6.92 Å². The van der Waals surface area contributed by atoms with Crippen LogP contribution in [0, 0.1) is 5.92 Å². The number of nitrogens with one attached hydrogen (secondary N) is 2. The quantitative estimate of drug-likeness (QED) is 0.646. The Morgan fingerprint density at radius 2 is 2.44 bits per heavy atom. The largest absolute Gasteiger partial charge is 0.489 e. The molecule has 0 aliphatic heterocycles. The zero-order chi connectivity index (χ0) is 12.0. The second-order valence-corrected chi connectivity index (χ2v) is 3.61. The molecule has 6 nitrogen and oxygen atoms in total. The van der Waals surface area contributed by atoms with Gasteiger partial charge in [0.2, 0.25) is 5.75 Å². The predicted molar refractivity (Wildman–Crippen MR) is 60.8 cm³/mol. The standard InChI is InChI=1S/C10H17N3O3/c1-7(3-4-14)5-11-9-8(16-2)10(15)13-6-12-9/h6-7,14H,3-5H2,1-2H3,(H2,11,12,13,15). The average molecular weight is 227 g/mol. The van der Waals surface area contributed by atoms with Crippen molar-refractivity contribution in [3.8, 4) is 5.75 Å². The Bertz CT molecular complexity index is 378. The van der Waals surface area contributed by atoms with E-state index >= 15 is 0 Å². The Labute approximate surface area is 93.7 Å². The molecule has 16 heavy (non-hydrogen) atoms. The lowest BCUT2D eigenvalue weighted by molar-refractivity contribution is 0.265. The van der Waals surface area contributed by atoms with Crippen LogP contribution in [0.2, 0.25) is 0 Å². The number of hydrogen-bond donors (Lipinski definition) is 3. The normalized spacial score (nSPS) is 12.2. The molecule has 0 bridgehead atoms. The van der Waals surface area contributed by atoms with Gasteiger partial charge in [-0.2, -0.15) is 0 Å². The summed E-state index contributed by atoms with van der Waals surface area (Å²) in [5.41, 5.74) is -0.310. The summed E-state index contributed by atoms with van der Waals surface area (Å²) in [5.74, 6) is 0.908. The maximum Gasteiger partial charge on any atom is 0.295 e. The number of methoxy groups -OCH3 is 1. The highest BCUT2D eigenvalue weighted by Crippen LogP contribution is 2.15. The zero-order valence-corrected chi connectivity index (χ0v) is 9.49. The molecular weight excluding hydrogens is 210 g/mol. The van der Waals surface area contributed by atoms with E-state index in [4.69, 9.17) is 9.84 Å². The molecule has 0 spiro atoms. The van der Waals surface area contributed by atoms with Crippen LogP contribution >= 0.6 is 0 Å². The van der Waals surface area contributed by atoms with E-state index < -0.39 is 0 Å². The summed E-state index contributed by atoms with van der Waals surface area (Å²) in [5, 5.41) is 11.8. The first-order valence-electron chi connectivity index (χ1n) is 5.15. The summed E-state index contributed by atoms with van der Waals surface area (Å²) in [4.78, 5) is 17.8. The molecule has 6 heteroatoms. The van der Waals surface area contributed by atoms with Crippen molar-refractivity contribution in [2.75, 3.05) is 25.6 Å². The van der Waals surface area contributed by atoms with Crippen LogP contribution in [-0.2, 0) is 0 Å². The molecule has 0 aliphatic rings. The van der Waals surface area contributed by atoms with Crippen LogP contribution in [0.5, 0.6) is 5.75 Å². The maximum absolute atomic E-state index is 11.3. The van der Waals surface area contributed by atoms with Gasteiger partial charge in [-0.05, 0) is 12.3 Å². The summed E-state index contributed by atoms with van der Waals surface area (Å²) in [6.45, 7) is 2.79. The molecule has 0 radical (unpaired) electrons. The van der Waals surface area contributed by atoms with E-state index in [-0.39, 0.29) is 17.9 Å². The van der Waals surface area contributed by atoms with Crippen molar-refractivity contribution in [1.82, 2.24) is 9.97 Å². The predicted octanol–water partition coefficient (Wildman–Crippen LogP) is 0.209. The fraction of sp³-hybridized carbons (Fsp3) is 0.600. The van der Waals surface area contributed by atoms with Crippen LogP contribution in [0.4, 0.5) is 5.82 Å². The first-order valence-corrected chi connectivity index (χ1v) is 5.15. The smallest absolute Gasteiger partial charge is 0.295 e. The van der Waals surface area contributed by atoms with Gasteiger partial charge < -0.3 is 20.1 Å². The Hall–Kier alpha value is -1.56. The van der Waals surface area contributed by atoms with E-state index in [2.05, 4.69) is 15.3 Å². The van der Waals surface area contributed by atoms with E-state index in [9.17, 15) is 4.79 Å². The first kappa shape index (κ1) is 12.5. The number of rotatable bonds is 6. The minimum atomic E-state index is -0.310. The van der Waals surface area contributed by atoms with Gasteiger partial charge in [0.25, 0.3) is 5.56 Å². The third-order valence-corrected chi connectivity index (χ3v) is 2.25. The molecule has 1 atom stereocenters. The Balaban J connectivity index is 2.66. The average Bonchev–Trinajstić information content (AvgIpc) is 2.27. The molecule has 1 aromatic heterocycles. The molecule has 1 heterocycles. The van der Waals surface area contributed by atoms with E-state index in [0.29, 0.717) is 24.7 Å². The monoisotopic (exact) mass is 227 g/mol. The molecule has 0 aromatic carbocycles. The van der Waals surface area contributed by atoms with Crippen molar-refractivity contribution in [3.63, 3.8) is 0 Å². The Morgan fingerprint density at radius 1 is 1.69 bits per heavy atom. The van der Waals surface area contributed by atoms with Gasteiger partial charge in [-0.3, -0.25) is 4.79 Å². The molecule has 0 amide bonds. The highest BCUT2D eigenvalue weighted by molar-refractivity contribution is 5.47. The van der Waals surface area contributed by atoms with Crippen LogP contribution in [0.15, 0.2) is 11.1 Å². The second kappa shape index (κ2) is 6.12. The number of aromatic nitrogens is 2. The highest BCUT2D eigenvalue weighted by atomic mass is 16.5. The molecule has 1 rings (SSSR count). The van der Waals surface area contributed by atoms with Gasteiger partial charge in [-0.1, -0.05) is 6.92 Å². The lowest BCUT2D eigenvalue weighted by Crippen LogP contribution is -2.18.